The van der Waals surface area contributed by atoms with Gasteiger partial charge in [-0.3, -0.25) is 9.59 Å². The van der Waals surface area contributed by atoms with Crippen molar-refractivity contribution in [2.75, 3.05) is 12.3 Å². The number of likely N-dealkylation sites (tertiary alicyclic amines) is 1. The first-order valence-corrected chi connectivity index (χ1v) is 12.6. The number of aryl methyl sites for hydroxylation is 3. The van der Waals surface area contributed by atoms with Crippen LogP contribution >= 0.6 is 23.1 Å². The van der Waals surface area contributed by atoms with E-state index in [1.165, 1.54) is 16.1 Å². The highest BCUT2D eigenvalue weighted by Crippen LogP contribution is 2.35. The number of amides is 1. The van der Waals surface area contributed by atoms with Crippen LogP contribution in [-0.2, 0) is 30.4 Å². The third-order valence-electron chi connectivity index (χ3n) is 6.22. The summed E-state index contributed by atoms with van der Waals surface area (Å²) in [5, 5.41) is 0.803. The van der Waals surface area contributed by atoms with E-state index in [4.69, 9.17) is 4.98 Å². The van der Waals surface area contributed by atoms with Gasteiger partial charge in [-0.25, -0.2) is 4.98 Å². The predicted molar refractivity (Wildman–Crippen MR) is 122 cm³/mol. The van der Waals surface area contributed by atoms with E-state index in [9.17, 15) is 9.59 Å². The Bertz CT molecular complexity index is 1150. The third kappa shape index (κ3) is 3.60. The van der Waals surface area contributed by atoms with E-state index in [0.717, 1.165) is 54.6 Å². The minimum Gasteiger partial charge on any atom is -0.353 e. The lowest BCUT2D eigenvalue weighted by Gasteiger charge is -2.25. The number of rotatable bonds is 6. The Kier molecular flexibility index (Phi) is 5.45. The van der Waals surface area contributed by atoms with Crippen LogP contribution in [0, 0.1) is 0 Å². The maximum absolute atomic E-state index is 12.8. The maximum atomic E-state index is 12.8. The number of H-pyrrole nitrogens is 1. The Balaban J connectivity index is 1.18. The monoisotopic (exact) mass is 442 g/mol. The van der Waals surface area contributed by atoms with Crippen LogP contribution in [0.15, 0.2) is 23.1 Å². The molecule has 1 N–H and O–H groups in total. The quantitative estimate of drug-likeness (QED) is 0.590. The fraction of sp³-hybridized carbons (Fsp3) is 0.500. The molecule has 1 amide bonds. The van der Waals surface area contributed by atoms with Crippen molar-refractivity contribution in [3.8, 4) is 0 Å². The molecule has 0 saturated carbocycles. The number of thiophene rings is 1. The lowest BCUT2D eigenvalue weighted by molar-refractivity contribution is -0.131. The summed E-state index contributed by atoms with van der Waals surface area (Å²) in [5.74, 6) is 2.30. The fourth-order valence-electron chi connectivity index (χ4n) is 4.78. The summed E-state index contributed by atoms with van der Waals surface area (Å²) in [6.07, 6.45) is 7.87. The van der Waals surface area contributed by atoms with Crippen LogP contribution in [0.1, 0.15) is 53.7 Å². The van der Waals surface area contributed by atoms with Crippen LogP contribution in [0.4, 0.5) is 0 Å². The molecule has 0 aromatic carbocycles. The second-order valence-corrected chi connectivity index (χ2v) is 10.3. The molecule has 0 spiro atoms. The van der Waals surface area contributed by atoms with Gasteiger partial charge in [-0.1, -0.05) is 0 Å². The summed E-state index contributed by atoms with van der Waals surface area (Å²) in [7, 11) is 2.04. The normalized spacial score (nSPS) is 18.4. The number of nitrogens with zero attached hydrogens (tertiary/aromatic N) is 3. The molecule has 158 valence electrons. The molecule has 1 aliphatic heterocycles. The molecule has 3 aromatic heterocycles. The molecule has 0 radical (unpaired) electrons. The van der Waals surface area contributed by atoms with Crippen LogP contribution in [0.5, 0.6) is 0 Å². The first-order valence-electron chi connectivity index (χ1n) is 10.6. The van der Waals surface area contributed by atoms with Gasteiger partial charge < -0.3 is 14.5 Å². The molecule has 8 heteroatoms. The molecule has 1 saturated heterocycles. The standard InChI is InChI=1S/C22H26N4O2S2/c1-25-10-3-6-15(25)16-7-4-11-26(16)19(27)9-12-29-13-18-23-21(28)20-14-5-2-8-17(14)30-22(20)24-18/h3,6,10,16H,2,4-5,7-9,11-13H2,1H3,(H,23,24,28). The van der Waals surface area contributed by atoms with Gasteiger partial charge in [-0.05, 0) is 49.8 Å². The summed E-state index contributed by atoms with van der Waals surface area (Å²) < 4.78 is 2.11. The molecule has 6 nitrogen and oxygen atoms in total. The summed E-state index contributed by atoms with van der Waals surface area (Å²) >= 11 is 3.34. The number of aromatic amines is 1. The highest BCUT2D eigenvalue weighted by molar-refractivity contribution is 7.98. The van der Waals surface area contributed by atoms with Crippen molar-refractivity contribution < 1.29 is 4.79 Å². The van der Waals surface area contributed by atoms with Gasteiger partial charge in [0, 0.05) is 42.5 Å². The largest absolute Gasteiger partial charge is 0.353 e. The summed E-state index contributed by atoms with van der Waals surface area (Å²) in [4.78, 5) is 37.3. The molecule has 1 atom stereocenters. The lowest BCUT2D eigenvalue weighted by Crippen LogP contribution is -2.31. The Morgan fingerprint density at radius 3 is 3.10 bits per heavy atom. The molecule has 4 heterocycles. The second kappa shape index (κ2) is 8.23. The minimum absolute atomic E-state index is 0.00597. The van der Waals surface area contributed by atoms with E-state index in [-0.39, 0.29) is 17.5 Å². The number of hydrogen-bond donors (Lipinski definition) is 1. The average Bonchev–Trinajstić information content (AvgIpc) is 3.48. The molecule has 0 bridgehead atoms. The Labute approximate surface area is 183 Å². The average molecular weight is 443 g/mol. The Morgan fingerprint density at radius 1 is 1.37 bits per heavy atom. The first-order chi connectivity index (χ1) is 14.6. The molecule has 5 rings (SSSR count). The SMILES string of the molecule is Cn1cccc1C1CCCN1C(=O)CCSCc1nc2sc3c(c2c(=O)[nH]1)CCC3. The van der Waals surface area contributed by atoms with Crippen LogP contribution in [-0.4, -0.2) is 37.6 Å². The van der Waals surface area contributed by atoms with Gasteiger partial charge in [0.05, 0.1) is 17.2 Å². The van der Waals surface area contributed by atoms with Crippen molar-refractivity contribution in [2.45, 2.75) is 50.3 Å². The van der Waals surface area contributed by atoms with Gasteiger partial charge >= 0.3 is 0 Å². The number of fused-ring (bicyclic) bond motifs is 3. The molecule has 2 aliphatic rings. The van der Waals surface area contributed by atoms with Crippen LogP contribution in [0.25, 0.3) is 10.2 Å². The Morgan fingerprint density at radius 2 is 2.27 bits per heavy atom. The summed E-state index contributed by atoms with van der Waals surface area (Å²) in [6, 6.07) is 4.35. The van der Waals surface area contributed by atoms with Crippen molar-refractivity contribution in [1.82, 2.24) is 19.4 Å². The highest BCUT2D eigenvalue weighted by Gasteiger charge is 2.30. The zero-order valence-electron chi connectivity index (χ0n) is 17.1. The number of aromatic nitrogens is 3. The van der Waals surface area contributed by atoms with Gasteiger partial charge in [0.1, 0.15) is 10.7 Å². The van der Waals surface area contributed by atoms with Gasteiger partial charge in [-0.15, -0.1) is 11.3 Å². The summed E-state index contributed by atoms with van der Waals surface area (Å²) in [6.45, 7) is 0.841. The third-order valence-corrected chi connectivity index (χ3v) is 8.38. The molecule has 1 fully saturated rings. The predicted octanol–water partition coefficient (Wildman–Crippen LogP) is 3.80. The van der Waals surface area contributed by atoms with Crippen LogP contribution in [0.3, 0.4) is 0 Å². The van der Waals surface area contributed by atoms with Crippen molar-refractivity contribution >= 4 is 39.2 Å². The highest BCUT2D eigenvalue weighted by atomic mass is 32.2. The van der Waals surface area contributed by atoms with Crippen molar-refractivity contribution in [2.24, 2.45) is 7.05 Å². The molecule has 30 heavy (non-hydrogen) atoms. The van der Waals surface area contributed by atoms with Gasteiger partial charge in [0.15, 0.2) is 0 Å². The fourth-order valence-corrected chi connectivity index (χ4v) is 6.85. The Hall–Kier alpha value is -2.06. The van der Waals surface area contributed by atoms with E-state index in [0.29, 0.717) is 18.0 Å². The van der Waals surface area contributed by atoms with Gasteiger partial charge in [-0.2, -0.15) is 11.8 Å². The molecule has 3 aromatic rings. The second-order valence-electron chi connectivity index (χ2n) is 8.14. The first kappa shape index (κ1) is 19.9. The van der Waals surface area contributed by atoms with Gasteiger partial charge in [0.25, 0.3) is 5.56 Å². The molecular weight excluding hydrogens is 416 g/mol. The van der Waals surface area contributed by atoms with Crippen LogP contribution in [0.2, 0.25) is 0 Å². The zero-order chi connectivity index (χ0) is 20.7. The minimum atomic E-state index is -0.00597. The van der Waals surface area contributed by atoms with E-state index >= 15 is 0 Å². The van der Waals surface area contributed by atoms with Crippen molar-refractivity contribution in [1.29, 1.82) is 0 Å². The molecule has 1 aliphatic carbocycles. The zero-order valence-corrected chi connectivity index (χ0v) is 18.8. The van der Waals surface area contributed by atoms with E-state index in [1.54, 1.807) is 23.1 Å². The maximum Gasteiger partial charge on any atom is 0.259 e. The molecular formula is C22H26N4O2S2. The van der Waals surface area contributed by atoms with E-state index in [1.807, 2.05) is 24.2 Å². The number of nitrogens with one attached hydrogen (secondary N) is 1. The van der Waals surface area contributed by atoms with Crippen LogP contribution < -0.4 is 5.56 Å². The van der Waals surface area contributed by atoms with E-state index in [2.05, 4.69) is 15.6 Å². The van der Waals surface area contributed by atoms with Crippen molar-refractivity contribution in [3.05, 3.63) is 50.6 Å². The van der Waals surface area contributed by atoms with Gasteiger partial charge in [0.2, 0.25) is 5.91 Å². The number of carbonyl (C=O) groups is 1. The topological polar surface area (TPSA) is 71.0 Å². The van der Waals surface area contributed by atoms with Crippen molar-refractivity contribution in [3.63, 3.8) is 0 Å². The molecule has 1 unspecified atom stereocenters. The number of hydrogen-bond acceptors (Lipinski definition) is 5. The number of thioether (sulfide) groups is 1. The smallest absolute Gasteiger partial charge is 0.259 e. The van der Waals surface area contributed by atoms with E-state index < -0.39 is 0 Å². The number of carbonyl (C=O) groups excluding carboxylic acids is 1. The summed E-state index contributed by atoms with van der Waals surface area (Å²) in [5.41, 5.74) is 2.42. The lowest BCUT2D eigenvalue weighted by atomic mass is 10.1.